The predicted octanol–water partition coefficient (Wildman–Crippen LogP) is 4.06. The molecule has 0 aliphatic carbocycles. The van der Waals surface area contributed by atoms with Crippen molar-refractivity contribution in [2.24, 2.45) is 0 Å². The number of aryl methyl sites for hydroxylation is 1. The van der Waals surface area contributed by atoms with Gasteiger partial charge in [-0.2, -0.15) is 0 Å². The van der Waals surface area contributed by atoms with Gasteiger partial charge in [0.1, 0.15) is 5.82 Å². The summed E-state index contributed by atoms with van der Waals surface area (Å²) in [6, 6.07) is 11.6. The van der Waals surface area contributed by atoms with Crippen molar-refractivity contribution in [2.75, 3.05) is 18.0 Å². The first kappa shape index (κ1) is 19.9. The van der Waals surface area contributed by atoms with Crippen molar-refractivity contribution >= 4 is 17.3 Å². The topological polar surface area (TPSA) is 66.7 Å². The van der Waals surface area contributed by atoms with Gasteiger partial charge < -0.3 is 4.90 Å². The zero-order valence-corrected chi connectivity index (χ0v) is 16.1. The highest BCUT2D eigenvalue weighted by Gasteiger charge is 2.28. The van der Waals surface area contributed by atoms with Crippen LogP contribution in [0.3, 0.4) is 0 Å². The van der Waals surface area contributed by atoms with E-state index in [1.54, 1.807) is 36.1 Å². The number of nitro groups is 1. The molecule has 28 heavy (non-hydrogen) atoms. The van der Waals surface area contributed by atoms with Crippen LogP contribution in [0.25, 0.3) is 0 Å². The molecule has 0 atom stereocenters. The number of halogens is 1. The van der Waals surface area contributed by atoms with Gasteiger partial charge in [-0.15, -0.1) is 0 Å². The molecule has 2 aromatic carbocycles. The highest BCUT2D eigenvalue weighted by Crippen LogP contribution is 2.26. The van der Waals surface area contributed by atoms with Crippen molar-refractivity contribution in [3.63, 3.8) is 0 Å². The first-order valence-electron chi connectivity index (χ1n) is 9.37. The summed E-state index contributed by atoms with van der Waals surface area (Å²) < 4.78 is 14.0. The number of piperidine rings is 1. The Morgan fingerprint density at radius 2 is 1.96 bits per heavy atom. The number of rotatable bonds is 5. The molecule has 1 amide bonds. The third-order valence-corrected chi connectivity index (χ3v) is 5.22. The summed E-state index contributed by atoms with van der Waals surface area (Å²) in [6.45, 7) is 5.38. The number of nitrogens with zero attached hydrogens (tertiary/aromatic N) is 3. The lowest BCUT2D eigenvalue weighted by Gasteiger charge is -2.38. The van der Waals surface area contributed by atoms with Crippen LogP contribution >= 0.6 is 0 Å². The lowest BCUT2D eigenvalue weighted by Crippen LogP contribution is -2.46. The van der Waals surface area contributed by atoms with Gasteiger partial charge in [0.15, 0.2) is 0 Å². The lowest BCUT2D eigenvalue weighted by atomic mass is 10.0. The van der Waals surface area contributed by atoms with Gasteiger partial charge in [-0.25, -0.2) is 4.39 Å². The van der Waals surface area contributed by atoms with E-state index in [4.69, 9.17) is 0 Å². The van der Waals surface area contributed by atoms with Crippen molar-refractivity contribution < 1.29 is 14.1 Å². The zero-order valence-electron chi connectivity index (χ0n) is 16.1. The van der Waals surface area contributed by atoms with Gasteiger partial charge in [0.2, 0.25) is 5.91 Å². The second-order valence-electron chi connectivity index (χ2n) is 7.26. The van der Waals surface area contributed by atoms with Gasteiger partial charge in [0.05, 0.1) is 4.92 Å². The largest absolute Gasteiger partial charge is 0.309 e. The fourth-order valence-electron chi connectivity index (χ4n) is 3.74. The SMILES string of the molecule is CC(=O)N(c1ccc(C)c(F)c1)C1CCN(Cc2cccc([N+](=O)[O-])c2)CC1. The zero-order chi connectivity index (χ0) is 20.3. The van der Waals surface area contributed by atoms with Gasteiger partial charge in [0.25, 0.3) is 5.69 Å². The molecular weight excluding hydrogens is 361 g/mol. The number of carbonyl (C=O) groups is 1. The highest BCUT2D eigenvalue weighted by molar-refractivity contribution is 5.92. The molecule has 0 saturated carbocycles. The lowest BCUT2D eigenvalue weighted by molar-refractivity contribution is -0.384. The molecule has 0 N–H and O–H groups in total. The van der Waals surface area contributed by atoms with E-state index >= 15 is 0 Å². The molecule has 0 bridgehead atoms. The van der Waals surface area contributed by atoms with Crippen molar-refractivity contribution in [3.05, 3.63) is 69.5 Å². The van der Waals surface area contributed by atoms with Crippen LogP contribution in [-0.4, -0.2) is 34.9 Å². The molecule has 1 aliphatic rings. The summed E-state index contributed by atoms with van der Waals surface area (Å²) in [5, 5.41) is 10.9. The van der Waals surface area contributed by atoms with Crippen molar-refractivity contribution in [1.29, 1.82) is 0 Å². The van der Waals surface area contributed by atoms with Crippen LogP contribution < -0.4 is 4.90 Å². The Labute approximate surface area is 163 Å². The number of amides is 1. The maximum Gasteiger partial charge on any atom is 0.269 e. The minimum absolute atomic E-state index is 0.0148. The van der Waals surface area contributed by atoms with E-state index in [1.807, 2.05) is 6.07 Å². The summed E-state index contributed by atoms with van der Waals surface area (Å²) in [5.41, 5.74) is 2.14. The number of non-ortho nitro benzene ring substituents is 1. The van der Waals surface area contributed by atoms with Crippen LogP contribution in [-0.2, 0) is 11.3 Å². The molecule has 0 radical (unpaired) electrons. The summed E-state index contributed by atoms with van der Waals surface area (Å²) in [5.74, 6) is -0.410. The van der Waals surface area contributed by atoms with E-state index in [0.29, 0.717) is 17.8 Å². The van der Waals surface area contributed by atoms with Crippen LogP contribution in [0, 0.1) is 22.9 Å². The van der Waals surface area contributed by atoms with Crippen LogP contribution in [0.2, 0.25) is 0 Å². The summed E-state index contributed by atoms with van der Waals surface area (Å²) in [6.07, 6.45) is 1.54. The molecule has 2 aromatic rings. The Balaban J connectivity index is 1.66. The van der Waals surface area contributed by atoms with Crippen molar-refractivity contribution in [1.82, 2.24) is 4.90 Å². The monoisotopic (exact) mass is 385 g/mol. The van der Waals surface area contributed by atoms with Crippen molar-refractivity contribution in [2.45, 2.75) is 39.3 Å². The van der Waals surface area contributed by atoms with Crippen molar-refractivity contribution in [3.8, 4) is 0 Å². The number of carbonyl (C=O) groups excluding carboxylic acids is 1. The highest BCUT2D eigenvalue weighted by atomic mass is 19.1. The van der Waals surface area contributed by atoms with E-state index in [2.05, 4.69) is 4.90 Å². The molecular formula is C21H24FN3O3. The van der Waals surface area contributed by atoms with Crippen LogP contribution in [0.15, 0.2) is 42.5 Å². The number of hydrogen-bond acceptors (Lipinski definition) is 4. The summed E-state index contributed by atoms with van der Waals surface area (Å²) in [4.78, 5) is 26.7. The maximum absolute atomic E-state index is 14.0. The average Bonchev–Trinajstić information content (AvgIpc) is 2.66. The molecule has 0 aromatic heterocycles. The van der Waals surface area contributed by atoms with Crippen LogP contribution in [0.4, 0.5) is 15.8 Å². The van der Waals surface area contributed by atoms with Gasteiger partial charge in [-0.1, -0.05) is 18.2 Å². The summed E-state index contributed by atoms with van der Waals surface area (Å²) >= 11 is 0. The van der Waals surface area contributed by atoms with Crippen LogP contribution in [0.5, 0.6) is 0 Å². The molecule has 1 saturated heterocycles. The standard InChI is InChI=1S/C21H24FN3O3/c1-15-6-7-19(13-21(15)22)24(16(2)26)18-8-10-23(11-9-18)14-17-4-3-5-20(12-17)25(27)28/h3-7,12-13,18H,8-11,14H2,1-2H3. The molecule has 6 nitrogen and oxygen atoms in total. The number of likely N-dealkylation sites (tertiary alicyclic amines) is 1. The average molecular weight is 385 g/mol. The number of hydrogen-bond donors (Lipinski definition) is 0. The van der Waals surface area contributed by atoms with Gasteiger partial charge >= 0.3 is 0 Å². The normalized spacial score (nSPS) is 15.4. The fraction of sp³-hybridized carbons (Fsp3) is 0.381. The first-order chi connectivity index (χ1) is 13.3. The second-order valence-corrected chi connectivity index (χ2v) is 7.26. The van der Waals surface area contributed by atoms with E-state index in [-0.39, 0.29) is 28.4 Å². The Morgan fingerprint density at radius 3 is 2.57 bits per heavy atom. The predicted molar refractivity (Wildman–Crippen MR) is 106 cm³/mol. The van der Waals surface area contributed by atoms with E-state index < -0.39 is 0 Å². The van der Waals surface area contributed by atoms with E-state index in [0.717, 1.165) is 31.5 Å². The fourth-order valence-corrected chi connectivity index (χ4v) is 3.74. The van der Waals surface area contributed by atoms with Crippen LogP contribution in [0.1, 0.15) is 30.9 Å². The smallest absolute Gasteiger partial charge is 0.269 e. The van der Waals surface area contributed by atoms with E-state index in [1.165, 1.54) is 19.1 Å². The second kappa shape index (κ2) is 8.48. The van der Waals surface area contributed by atoms with Gasteiger partial charge in [0, 0.05) is 50.4 Å². The summed E-state index contributed by atoms with van der Waals surface area (Å²) in [7, 11) is 0. The Morgan fingerprint density at radius 1 is 1.25 bits per heavy atom. The molecule has 1 aliphatic heterocycles. The number of nitro benzene ring substituents is 1. The minimum atomic E-state index is -0.388. The molecule has 3 rings (SSSR count). The Bertz CT molecular complexity index is 879. The van der Waals surface area contributed by atoms with Gasteiger partial charge in [-0.3, -0.25) is 19.8 Å². The Hall–Kier alpha value is -2.80. The molecule has 0 spiro atoms. The molecule has 0 unspecified atom stereocenters. The quantitative estimate of drug-likeness (QED) is 0.575. The maximum atomic E-state index is 14.0. The molecule has 148 valence electrons. The molecule has 1 fully saturated rings. The first-order valence-corrected chi connectivity index (χ1v) is 9.37. The molecule has 7 heteroatoms. The third-order valence-electron chi connectivity index (χ3n) is 5.22. The number of anilines is 1. The van der Waals surface area contributed by atoms with Gasteiger partial charge in [-0.05, 0) is 43.0 Å². The molecule has 1 heterocycles. The van der Waals surface area contributed by atoms with E-state index in [9.17, 15) is 19.3 Å². The third kappa shape index (κ3) is 4.54. The minimum Gasteiger partial charge on any atom is -0.309 e. The Kier molecular flexibility index (Phi) is 6.04. The number of benzene rings is 2.